The Hall–Kier alpha value is -0.900. The highest BCUT2D eigenvalue weighted by atomic mass is 32.1. The van der Waals surface area contributed by atoms with Crippen molar-refractivity contribution in [2.24, 2.45) is 5.92 Å². The third-order valence-electron chi connectivity index (χ3n) is 4.99. The molecule has 1 saturated carbocycles. The van der Waals surface area contributed by atoms with Crippen LogP contribution < -0.4 is 0 Å². The summed E-state index contributed by atoms with van der Waals surface area (Å²) in [6.07, 6.45) is 14.4. The number of rotatable bonds is 3. The standard InChI is InChI=1S/C16H25N3S/c20-16(10-13-4-2-1-3-5-13)19-8-6-14(7-9-19)15-11-17-12-18-15/h11-14H,1-10H2,(H,17,18). The lowest BCUT2D eigenvalue weighted by atomic mass is 9.86. The third-order valence-corrected chi connectivity index (χ3v) is 5.42. The van der Waals surface area contributed by atoms with Gasteiger partial charge in [0.2, 0.25) is 0 Å². The molecule has 0 aromatic carbocycles. The molecule has 2 heterocycles. The van der Waals surface area contributed by atoms with Crippen molar-refractivity contribution in [3.05, 3.63) is 18.2 Å². The molecule has 1 aliphatic carbocycles. The number of hydrogen-bond donors (Lipinski definition) is 1. The van der Waals surface area contributed by atoms with Crippen LogP contribution >= 0.6 is 12.2 Å². The molecule has 0 amide bonds. The number of thiocarbonyl (C=S) groups is 1. The molecule has 4 heteroatoms. The molecule has 20 heavy (non-hydrogen) atoms. The van der Waals surface area contributed by atoms with Crippen LogP contribution in [0.4, 0.5) is 0 Å². The number of nitrogens with one attached hydrogen (secondary N) is 1. The summed E-state index contributed by atoms with van der Waals surface area (Å²) in [6, 6.07) is 0. The number of H-pyrrole nitrogens is 1. The second-order valence-electron chi connectivity index (χ2n) is 6.37. The lowest BCUT2D eigenvalue weighted by molar-refractivity contribution is 0.297. The van der Waals surface area contributed by atoms with Crippen LogP contribution in [0.3, 0.4) is 0 Å². The highest BCUT2D eigenvalue weighted by Gasteiger charge is 2.24. The van der Waals surface area contributed by atoms with Gasteiger partial charge in [-0.05, 0) is 18.8 Å². The van der Waals surface area contributed by atoms with E-state index in [9.17, 15) is 0 Å². The monoisotopic (exact) mass is 291 g/mol. The summed E-state index contributed by atoms with van der Waals surface area (Å²) in [5, 5.41) is 0. The van der Waals surface area contributed by atoms with E-state index >= 15 is 0 Å². The summed E-state index contributed by atoms with van der Waals surface area (Å²) < 4.78 is 0. The fraction of sp³-hybridized carbons (Fsp3) is 0.750. The largest absolute Gasteiger partial charge is 0.366 e. The highest BCUT2D eigenvalue weighted by Crippen LogP contribution is 2.30. The van der Waals surface area contributed by atoms with Gasteiger partial charge in [-0.25, -0.2) is 4.98 Å². The molecule has 0 unspecified atom stereocenters. The second-order valence-corrected chi connectivity index (χ2v) is 6.84. The molecule has 1 saturated heterocycles. The van der Waals surface area contributed by atoms with Gasteiger partial charge in [0.05, 0.1) is 11.3 Å². The first-order valence-electron chi connectivity index (χ1n) is 8.09. The van der Waals surface area contributed by atoms with Crippen molar-refractivity contribution >= 4 is 17.2 Å². The summed E-state index contributed by atoms with van der Waals surface area (Å²) >= 11 is 5.70. The molecule has 1 N–H and O–H groups in total. The Morgan fingerprint density at radius 2 is 1.95 bits per heavy atom. The van der Waals surface area contributed by atoms with Gasteiger partial charge in [-0.1, -0.05) is 44.3 Å². The molecular formula is C16H25N3S. The minimum atomic E-state index is 0.645. The highest BCUT2D eigenvalue weighted by molar-refractivity contribution is 7.80. The Morgan fingerprint density at radius 3 is 2.60 bits per heavy atom. The molecule has 1 aromatic rings. The smallest absolute Gasteiger partial charge is 0.0921 e. The van der Waals surface area contributed by atoms with Crippen LogP contribution in [0.2, 0.25) is 0 Å². The maximum Gasteiger partial charge on any atom is 0.0921 e. The van der Waals surface area contributed by atoms with Gasteiger partial charge in [-0.15, -0.1) is 0 Å². The Kier molecular flexibility index (Phi) is 4.71. The molecule has 3 nitrogen and oxygen atoms in total. The maximum absolute atomic E-state index is 5.70. The average molecular weight is 291 g/mol. The van der Waals surface area contributed by atoms with E-state index in [1.807, 2.05) is 6.20 Å². The zero-order valence-electron chi connectivity index (χ0n) is 12.2. The van der Waals surface area contributed by atoms with E-state index in [0.29, 0.717) is 5.92 Å². The van der Waals surface area contributed by atoms with Gasteiger partial charge in [0.25, 0.3) is 0 Å². The Labute approximate surface area is 127 Å². The van der Waals surface area contributed by atoms with E-state index in [4.69, 9.17) is 12.2 Å². The van der Waals surface area contributed by atoms with Gasteiger partial charge < -0.3 is 9.88 Å². The predicted octanol–water partition coefficient (Wildman–Crippen LogP) is 3.89. The summed E-state index contributed by atoms with van der Waals surface area (Å²) in [6.45, 7) is 2.24. The number of aromatic nitrogens is 2. The molecule has 2 fully saturated rings. The lowest BCUT2D eigenvalue weighted by Gasteiger charge is -2.35. The Balaban J connectivity index is 1.46. The van der Waals surface area contributed by atoms with Crippen LogP contribution in [0, 0.1) is 5.92 Å². The van der Waals surface area contributed by atoms with E-state index in [0.717, 1.165) is 25.4 Å². The number of likely N-dealkylation sites (tertiary alicyclic amines) is 1. The summed E-state index contributed by atoms with van der Waals surface area (Å²) in [5.41, 5.74) is 1.29. The van der Waals surface area contributed by atoms with E-state index < -0.39 is 0 Å². The van der Waals surface area contributed by atoms with E-state index in [2.05, 4.69) is 14.9 Å². The van der Waals surface area contributed by atoms with Crippen molar-refractivity contribution < 1.29 is 0 Å². The van der Waals surface area contributed by atoms with Gasteiger partial charge in [-0.3, -0.25) is 0 Å². The van der Waals surface area contributed by atoms with E-state index in [-0.39, 0.29) is 0 Å². The van der Waals surface area contributed by atoms with E-state index in [1.165, 1.54) is 55.6 Å². The van der Waals surface area contributed by atoms with Gasteiger partial charge in [0.1, 0.15) is 0 Å². The summed E-state index contributed by atoms with van der Waals surface area (Å²) in [4.78, 5) is 11.1. The predicted molar refractivity (Wildman–Crippen MR) is 85.9 cm³/mol. The minimum absolute atomic E-state index is 0.645. The van der Waals surface area contributed by atoms with Crippen LogP contribution in [0.25, 0.3) is 0 Å². The fourth-order valence-corrected chi connectivity index (χ4v) is 4.12. The Morgan fingerprint density at radius 1 is 1.20 bits per heavy atom. The first-order valence-corrected chi connectivity index (χ1v) is 8.50. The quantitative estimate of drug-likeness (QED) is 0.858. The minimum Gasteiger partial charge on any atom is -0.366 e. The molecule has 0 radical (unpaired) electrons. The first-order chi connectivity index (χ1) is 9.83. The van der Waals surface area contributed by atoms with Crippen molar-refractivity contribution in [3.8, 4) is 0 Å². The SMILES string of the molecule is S=C(CC1CCCCC1)N1CCC(c2cnc[nH]2)CC1. The fourth-order valence-electron chi connectivity index (χ4n) is 3.70. The zero-order chi connectivity index (χ0) is 13.8. The number of aromatic amines is 1. The topological polar surface area (TPSA) is 31.9 Å². The number of piperidine rings is 1. The molecule has 1 aliphatic heterocycles. The summed E-state index contributed by atoms with van der Waals surface area (Å²) in [5.74, 6) is 1.51. The number of imidazole rings is 1. The molecule has 2 aliphatic rings. The maximum atomic E-state index is 5.70. The van der Waals surface area contributed by atoms with Crippen molar-refractivity contribution in [1.82, 2.24) is 14.9 Å². The van der Waals surface area contributed by atoms with Crippen molar-refractivity contribution in [1.29, 1.82) is 0 Å². The van der Waals surface area contributed by atoms with Crippen molar-refractivity contribution in [2.45, 2.75) is 57.3 Å². The molecule has 0 atom stereocenters. The first kappa shape index (κ1) is 14.1. The molecule has 1 aromatic heterocycles. The van der Waals surface area contributed by atoms with Gasteiger partial charge in [0.15, 0.2) is 0 Å². The van der Waals surface area contributed by atoms with Gasteiger partial charge in [-0.2, -0.15) is 0 Å². The number of nitrogens with zero attached hydrogens (tertiary/aromatic N) is 2. The normalized spacial score (nSPS) is 22.1. The van der Waals surface area contributed by atoms with Crippen molar-refractivity contribution in [3.63, 3.8) is 0 Å². The molecule has 0 bridgehead atoms. The Bertz CT molecular complexity index is 415. The van der Waals surface area contributed by atoms with Crippen LogP contribution in [0.5, 0.6) is 0 Å². The third kappa shape index (κ3) is 3.40. The summed E-state index contributed by atoms with van der Waals surface area (Å²) in [7, 11) is 0. The zero-order valence-corrected chi connectivity index (χ0v) is 13.0. The van der Waals surface area contributed by atoms with Crippen LogP contribution in [-0.2, 0) is 0 Å². The van der Waals surface area contributed by atoms with Crippen molar-refractivity contribution in [2.75, 3.05) is 13.1 Å². The average Bonchev–Trinajstić information content (AvgIpc) is 3.03. The molecular weight excluding hydrogens is 266 g/mol. The second kappa shape index (κ2) is 6.70. The van der Waals surface area contributed by atoms with E-state index in [1.54, 1.807) is 6.33 Å². The molecule has 0 spiro atoms. The molecule has 110 valence electrons. The number of hydrogen-bond acceptors (Lipinski definition) is 2. The van der Waals surface area contributed by atoms with Crippen LogP contribution in [0.15, 0.2) is 12.5 Å². The lowest BCUT2D eigenvalue weighted by Crippen LogP contribution is -2.38. The van der Waals surface area contributed by atoms with Gasteiger partial charge in [0, 0.05) is 37.3 Å². The molecule has 3 rings (SSSR count). The van der Waals surface area contributed by atoms with Gasteiger partial charge >= 0.3 is 0 Å². The van der Waals surface area contributed by atoms with Crippen LogP contribution in [-0.4, -0.2) is 32.9 Å². The van der Waals surface area contributed by atoms with Crippen LogP contribution in [0.1, 0.15) is 63.0 Å².